The highest BCUT2D eigenvalue weighted by molar-refractivity contribution is 6.01. The quantitative estimate of drug-likeness (QED) is 0.767. The number of anilines is 1. The van der Waals surface area contributed by atoms with Crippen LogP contribution < -0.4 is 10.1 Å². The summed E-state index contributed by atoms with van der Waals surface area (Å²) in [5.41, 5.74) is 2.23. The molecule has 1 fully saturated rings. The Morgan fingerprint density at radius 1 is 1.14 bits per heavy atom. The largest absolute Gasteiger partial charge is 0.483 e. The number of carbonyl (C=O) groups is 2. The Bertz CT molecular complexity index is 921. The van der Waals surface area contributed by atoms with Gasteiger partial charge in [-0.2, -0.15) is 0 Å². The van der Waals surface area contributed by atoms with Gasteiger partial charge in [0.15, 0.2) is 6.61 Å². The highest BCUT2D eigenvalue weighted by Crippen LogP contribution is 2.36. The van der Waals surface area contributed by atoms with Crippen molar-refractivity contribution in [1.29, 1.82) is 0 Å². The lowest BCUT2D eigenvalue weighted by Crippen LogP contribution is -2.43. The average Bonchev–Trinajstić information content (AvgIpc) is 3.29. The van der Waals surface area contributed by atoms with E-state index in [1.165, 1.54) is 0 Å². The predicted molar refractivity (Wildman–Crippen MR) is 112 cm³/mol. The topological polar surface area (TPSA) is 61.9 Å². The van der Waals surface area contributed by atoms with Crippen molar-refractivity contribution >= 4 is 17.5 Å². The summed E-state index contributed by atoms with van der Waals surface area (Å²) in [5.74, 6) is 0.532. The van der Waals surface area contributed by atoms with Gasteiger partial charge in [0.25, 0.3) is 11.8 Å². The van der Waals surface area contributed by atoms with Crippen LogP contribution in [0.3, 0.4) is 0 Å². The number of rotatable bonds is 6. The minimum Gasteiger partial charge on any atom is -0.483 e. The molecule has 1 N–H and O–H groups in total. The molecule has 2 aromatic carbocycles. The maximum absolute atomic E-state index is 13.1. The number of nitrogens with zero attached hydrogens (tertiary/aromatic N) is 2. The molecule has 1 atom stereocenters. The van der Waals surface area contributed by atoms with Gasteiger partial charge in [0.1, 0.15) is 11.9 Å². The van der Waals surface area contributed by atoms with Crippen molar-refractivity contribution in [3.63, 3.8) is 0 Å². The van der Waals surface area contributed by atoms with Crippen LogP contribution in [0, 0.1) is 0 Å². The first-order chi connectivity index (χ1) is 14.2. The molecule has 1 saturated heterocycles. The van der Waals surface area contributed by atoms with Crippen LogP contribution in [0.25, 0.3) is 0 Å². The minimum atomic E-state index is -0.409. The number of benzene rings is 2. The van der Waals surface area contributed by atoms with E-state index in [0.717, 1.165) is 37.2 Å². The van der Waals surface area contributed by atoms with Crippen molar-refractivity contribution in [2.45, 2.75) is 19.0 Å². The molecule has 0 spiro atoms. The fourth-order valence-corrected chi connectivity index (χ4v) is 3.90. The summed E-state index contributed by atoms with van der Waals surface area (Å²) in [6.45, 7) is 5.78. The van der Waals surface area contributed by atoms with E-state index in [9.17, 15) is 9.59 Å². The van der Waals surface area contributed by atoms with E-state index in [4.69, 9.17) is 4.74 Å². The number of carbonyl (C=O) groups excluding carboxylic acids is 2. The second-order valence-electron chi connectivity index (χ2n) is 7.25. The SMILES string of the molecule is C=CCN1C(=O)c2ccccc2NC1c1ccccc1OCC(=O)N1CCCC1. The fraction of sp³-hybridized carbons (Fsp3) is 0.304. The number of hydrogen-bond donors (Lipinski definition) is 1. The molecule has 0 aliphatic carbocycles. The molecule has 2 aliphatic heterocycles. The minimum absolute atomic E-state index is 0.00160. The van der Waals surface area contributed by atoms with E-state index in [2.05, 4.69) is 11.9 Å². The molecular weight excluding hydrogens is 366 g/mol. The third kappa shape index (κ3) is 3.83. The number of nitrogens with one attached hydrogen (secondary N) is 1. The lowest BCUT2D eigenvalue weighted by molar-refractivity contribution is -0.132. The van der Waals surface area contributed by atoms with E-state index in [1.54, 1.807) is 11.0 Å². The first kappa shape index (κ1) is 19.1. The van der Waals surface area contributed by atoms with Crippen LogP contribution in [-0.4, -0.2) is 47.9 Å². The van der Waals surface area contributed by atoms with Gasteiger partial charge in [0.2, 0.25) is 0 Å². The predicted octanol–water partition coefficient (Wildman–Crippen LogP) is 3.44. The molecule has 2 aliphatic rings. The Labute approximate surface area is 170 Å². The van der Waals surface area contributed by atoms with Gasteiger partial charge in [-0.1, -0.05) is 36.4 Å². The Hall–Kier alpha value is -3.28. The number of fused-ring (bicyclic) bond motifs is 1. The van der Waals surface area contributed by atoms with Gasteiger partial charge in [-0.3, -0.25) is 9.59 Å². The molecule has 0 bridgehead atoms. The Kier molecular flexibility index (Phi) is 5.51. The molecule has 0 radical (unpaired) electrons. The van der Waals surface area contributed by atoms with Gasteiger partial charge in [0, 0.05) is 30.9 Å². The molecule has 0 saturated carbocycles. The van der Waals surface area contributed by atoms with Crippen LogP contribution in [0.2, 0.25) is 0 Å². The van der Waals surface area contributed by atoms with Crippen LogP contribution in [-0.2, 0) is 4.79 Å². The third-order valence-corrected chi connectivity index (χ3v) is 5.37. The zero-order valence-electron chi connectivity index (χ0n) is 16.3. The lowest BCUT2D eigenvalue weighted by atomic mass is 10.0. The second kappa shape index (κ2) is 8.39. The summed E-state index contributed by atoms with van der Waals surface area (Å²) in [7, 11) is 0. The monoisotopic (exact) mass is 391 g/mol. The number of likely N-dealkylation sites (tertiary alicyclic amines) is 1. The number of amides is 2. The molecule has 4 rings (SSSR count). The molecule has 6 heteroatoms. The first-order valence-electron chi connectivity index (χ1n) is 9.96. The summed E-state index contributed by atoms with van der Waals surface area (Å²) in [4.78, 5) is 29.0. The summed E-state index contributed by atoms with van der Waals surface area (Å²) in [5, 5.41) is 3.44. The Morgan fingerprint density at radius 3 is 2.66 bits per heavy atom. The smallest absolute Gasteiger partial charge is 0.260 e. The maximum Gasteiger partial charge on any atom is 0.260 e. The number of para-hydroxylation sites is 2. The lowest BCUT2D eigenvalue weighted by Gasteiger charge is -2.38. The zero-order valence-corrected chi connectivity index (χ0v) is 16.3. The highest BCUT2D eigenvalue weighted by atomic mass is 16.5. The summed E-state index contributed by atoms with van der Waals surface area (Å²) in [6, 6.07) is 15.0. The van der Waals surface area contributed by atoms with Crippen molar-refractivity contribution in [3.8, 4) is 5.75 Å². The molecule has 2 heterocycles. The van der Waals surface area contributed by atoms with Crippen LogP contribution >= 0.6 is 0 Å². The highest BCUT2D eigenvalue weighted by Gasteiger charge is 2.33. The molecular formula is C23H25N3O3. The van der Waals surface area contributed by atoms with E-state index in [-0.39, 0.29) is 18.4 Å². The number of hydrogen-bond acceptors (Lipinski definition) is 4. The van der Waals surface area contributed by atoms with Crippen molar-refractivity contribution in [3.05, 3.63) is 72.3 Å². The maximum atomic E-state index is 13.1. The normalized spacial score (nSPS) is 18.2. The van der Waals surface area contributed by atoms with Crippen molar-refractivity contribution < 1.29 is 14.3 Å². The molecule has 2 amide bonds. The van der Waals surface area contributed by atoms with Gasteiger partial charge in [-0.25, -0.2) is 0 Å². The summed E-state index contributed by atoms with van der Waals surface area (Å²) in [6.07, 6.45) is 3.40. The van der Waals surface area contributed by atoms with Crippen molar-refractivity contribution in [2.75, 3.05) is 31.6 Å². The van der Waals surface area contributed by atoms with Crippen molar-refractivity contribution in [2.24, 2.45) is 0 Å². The average molecular weight is 391 g/mol. The van der Waals surface area contributed by atoms with Gasteiger partial charge in [-0.15, -0.1) is 6.58 Å². The molecule has 29 heavy (non-hydrogen) atoms. The summed E-state index contributed by atoms with van der Waals surface area (Å²) < 4.78 is 5.92. The Balaban J connectivity index is 1.60. The van der Waals surface area contributed by atoms with Gasteiger partial charge in [0.05, 0.1) is 5.56 Å². The Morgan fingerprint density at radius 2 is 1.86 bits per heavy atom. The van der Waals surface area contributed by atoms with Crippen LogP contribution in [0.1, 0.15) is 34.9 Å². The second-order valence-corrected chi connectivity index (χ2v) is 7.25. The molecule has 0 aromatic heterocycles. The van der Waals surface area contributed by atoms with Gasteiger partial charge >= 0.3 is 0 Å². The zero-order chi connectivity index (χ0) is 20.2. The van der Waals surface area contributed by atoms with E-state index in [1.807, 2.05) is 53.4 Å². The first-order valence-corrected chi connectivity index (χ1v) is 9.96. The molecule has 1 unspecified atom stereocenters. The fourth-order valence-electron chi connectivity index (χ4n) is 3.90. The van der Waals surface area contributed by atoms with E-state index < -0.39 is 6.17 Å². The molecule has 2 aromatic rings. The van der Waals surface area contributed by atoms with E-state index in [0.29, 0.717) is 17.9 Å². The molecule has 150 valence electrons. The van der Waals surface area contributed by atoms with E-state index >= 15 is 0 Å². The molecule has 6 nitrogen and oxygen atoms in total. The standard InChI is InChI=1S/C23H25N3O3/c1-2-13-26-22(24-19-11-5-3-9-17(19)23(26)28)18-10-4-6-12-20(18)29-16-21(27)25-14-7-8-15-25/h2-6,9-12,22,24H,1,7-8,13-16H2. The van der Waals surface area contributed by atoms with Crippen molar-refractivity contribution in [1.82, 2.24) is 9.80 Å². The number of ether oxygens (including phenoxy) is 1. The summed E-state index contributed by atoms with van der Waals surface area (Å²) >= 11 is 0. The van der Waals surface area contributed by atoms with Crippen LogP contribution in [0.15, 0.2) is 61.2 Å². The van der Waals surface area contributed by atoms with Crippen LogP contribution in [0.5, 0.6) is 5.75 Å². The van der Waals surface area contributed by atoms with Gasteiger partial charge < -0.3 is 19.9 Å². The van der Waals surface area contributed by atoms with Gasteiger partial charge in [-0.05, 0) is 31.0 Å². The third-order valence-electron chi connectivity index (χ3n) is 5.37. The van der Waals surface area contributed by atoms with Crippen LogP contribution in [0.4, 0.5) is 5.69 Å².